The summed E-state index contributed by atoms with van der Waals surface area (Å²) in [5, 5.41) is 2.04. The Hall–Kier alpha value is -3.44. The summed E-state index contributed by atoms with van der Waals surface area (Å²) in [6, 6.07) is 13.0. The molecule has 228 valence electrons. The lowest BCUT2D eigenvalue weighted by Gasteiger charge is -2.20. The number of aromatic nitrogens is 2. The second kappa shape index (κ2) is 11.8. The fourth-order valence-electron chi connectivity index (χ4n) is 6.58. The Balaban J connectivity index is 1.10. The van der Waals surface area contributed by atoms with Crippen LogP contribution in [0, 0.1) is 13.8 Å². The number of benzene rings is 2. The minimum absolute atomic E-state index is 0.143. The molecule has 0 saturated carbocycles. The molecule has 8 nitrogen and oxygen atoms in total. The largest absolute Gasteiger partial charge is 0.330 e. The van der Waals surface area contributed by atoms with E-state index in [1.54, 1.807) is 22.7 Å². The number of rotatable bonds is 7. The highest BCUT2D eigenvalue weighted by atomic mass is 32.1. The normalized spacial score (nSPS) is 16.3. The van der Waals surface area contributed by atoms with Crippen molar-refractivity contribution in [2.75, 3.05) is 40.3 Å². The van der Waals surface area contributed by atoms with Gasteiger partial charge in [0, 0.05) is 20.9 Å². The van der Waals surface area contributed by atoms with Gasteiger partial charge in [-0.1, -0.05) is 36.4 Å². The minimum Gasteiger partial charge on any atom is -0.330 e. The van der Waals surface area contributed by atoms with E-state index in [-0.39, 0.29) is 11.8 Å². The molecular formula is C34H38N6O2S2. The second-order valence-corrected chi connectivity index (χ2v) is 14.6. The van der Waals surface area contributed by atoms with Gasteiger partial charge in [-0.2, -0.15) is 0 Å². The Morgan fingerprint density at radius 1 is 0.727 bits per heavy atom. The van der Waals surface area contributed by atoms with Crippen molar-refractivity contribution in [3.63, 3.8) is 0 Å². The van der Waals surface area contributed by atoms with Gasteiger partial charge in [-0.3, -0.25) is 14.5 Å². The highest BCUT2D eigenvalue weighted by Gasteiger charge is 2.30. The predicted octanol–water partition coefficient (Wildman–Crippen LogP) is 5.56. The molecule has 2 aromatic carbocycles. The van der Waals surface area contributed by atoms with Crippen molar-refractivity contribution in [3.05, 3.63) is 68.7 Å². The van der Waals surface area contributed by atoms with Crippen molar-refractivity contribution in [1.82, 2.24) is 29.6 Å². The van der Waals surface area contributed by atoms with E-state index in [1.807, 2.05) is 28.8 Å². The van der Waals surface area contributed by atoms with E-state index in [1.165, 1.54) is 44.8 Å². The lowest BCUT2D eigenvalue weighted by Crippen LogP contribution is -2.36. The molecule has 1 fully saturated rings. The van der Waals surface area contributed by atoms with Gasteiger partial charge in [0.25, 0.3) is 0 Å². The summed E-state index contributed by atoms with van der Waals surface area (Å²) < 4.78 is 0. The van der Waals surface area contributed by atoms with E-state index in [0.717, 1.165) is 45.6 Å². The molecule has 0 bridgehead atoms. The average molecular weight is 627 g/mol. The van der Waals surface area contributed by atoms with Crippen molar-refractivity contribution in [3.8, 4) is 32.3 Å². The number of nitrogens with zero attached hydrogens (tertiary/aromatic N) is 6. The van der Waals surface area contributed by atoms with Gasteiger partial charge in [-0.15, -0.1) is 22.7 Å². The van der Waals surface area contributed by atoms with Crippen molar-refractivity contribution in [2.24, 2.45) is 0 Å². The molecule has 1 saturated heterocycles. The number of likely N-dealkylation sites (tertiary alicyclic amines) is 1. The monoisotopic (exact) mass is 626 g/mol. The topological polar surface area (TPSA) is 72.9 Å². The van der Waals surface area contributed by atoms with Gasteiger partial charge >= 0.3 is 0 Å². The maximum absolute atomic E-state index is 12.9. The molecule has 10 heteroatoms. The van der Waals surface area contributed by atoms with E-state index in [9.17, 15) is 9.59 Å². The van der Waals surface area contributed by atoms with Gasteiger partial charge in [0.1, 0.15) is 10.0 Å². The first-order valence-corrected chi connectivity index (χ1v) is 17.0. The molecule has 2 amide bonds. The van der Waals surface area contributed by atoms with Crippen molar-refractivity contribution >= 4 is 34.5 Å². The third-order valence-corrected chi connectivity index (χ3v) is 11.3. The summed E-state index contributed by atoms with van der Waals surface area (Å²) in [6.45, 7) is 9.88. The number of carbonyl (C=O) groups excluding carboxylic acids is 2. The van der Waals surface area contributed by atoms with Crippen molar-refractivity contribution in [2.45, 2.75) is 52.9 Å². The number of thiazole rings is 2. The summed E-state index contributed by atoms with van der Waals surface area (Å²) in [5.41, 5.74) is 9.16. The highest BCUT2D eigenvalue weighted by Crippen LogP contribution is 2.41. The molecule has 0 atom stereocenters. The molecule has 4 aromatic rings. The maximum atomic E-state index is 12.9. The Morgan fingerprint density at radius 3 is 1.68 bits per heavy atom. The molecule has 3 aliphatic rings. The van der Waals surface area contributed by atoms with Crippen LogP contribution in [0.1, 0.15) is 45.1 Å². The smallest absolute Gasteiger partial charge is 0.237 e. The maximum Gasteiger partial charge on any atom is 0.237 e. The van der Waals surface area contributed by atoms with Gasteiger partial charge in [-0.25, -0.2) is 9.97 Å². The molecule has 0 aliphatic carbocycles. The van der Waals surface area contributed by atoms with Crippen LogP contribution in [0.2, 0.25) is 0 Å². The van der Waals surface area contributed by atoms with Gasteiger partial charge in [0.15, 0.2) is 0 Å². The molecule has 5 heterocycles. The molecule has 0 unspecified atom stereocenters. The van der Waals surface area contributed by atoms with Crippen LogP contribution in [0.3, 0.4) is 0 Å². The number of hydrogen-bond donors (Lipinski definition) is 0. The molecule has 7 rings (SSSR count). The Kier molecular flexibility index (Phi) is 7.86. The van der Waals surface area contributed by atoms with Gasteiger partial charge in [0.2, 0.25) is 11.8 Å². The van der Waals surface area contributed by atoms with E-state index in [2.05, 4.69) is 55.1 Å². The third kappa shape index (κ3) is 5.49. The third-order valence-electron chi connectivity index (χ3n) is 9.04. The highest BCUT2D eigenvalue weighted by molar-refractivity contribution is 7.15. The SMILES string of the molecule is Cc1c(-c2nc3c(s2)CN(C(=O)CN(C)C)C3)cccc1-c1cccc(-c2nc3c(s2)CN(C(=O)CN2CCCC2)C3)c1C. The van der Waals surface area contributed by atoms with Crippen molar-refractivity contribution < 1.29 is 9.59 Å². The molecule has 2 aromatic heterocycles. The minimum atomic E-state index is 0.143. The molecule has 0 N–H and O–H groups in total. The summed E-state index contributed by atoms with van der Waals surface area (Å²) in [6.07, 6.45) is 2.39. The molecule has 0 radical (unpaired) electrons. The van der Waals surface area contributed by atoms with Crippen LogP contribution in [0.4, 0.5) is 0 Å². The van der Waals surface area contributed by atoms with Crippen LogP contribution < -0.4 is 0 Å². The van der Waals surface area contributed by atoms with E-state index in [0.29, 0.717) is 39.3 Å². The molecular weight excluding hydrogens is 589 g/mol. The van der Waals surface area contributed by atoms with Crippen LogP contribution in [0.25, 0.3) is 32.3 Å². The summed E-state index contributed by atoms with van der Waals surface area (Å²) in [7, 11) is 3.84. The van der Waals surface area contributed by atoms with Crippen molar-refractivity contribution in [1.29, 1.82) is 0 Å². The van der Waals surface area contributed by atoms with E-state index < -0.39 is 0 Å². The lowest BCUT2D eigenvalue weighted by molar-refractivity contribution is -0.133. The number of fused-ring (bicyclic) bond motifs is 2. The molecule has 0 spiro atoms. The molecule has 3 aliphatic heterocycles. The van der Waals surface area contributed by atoms with Gasteiger partial charge in [0.05, 0.1) is 50.7 Å². The first-order valence-electron chi connectivity index (χ1n) is 15.3. The zero-order valence-corrected chi connectivity index (χ0v) is 27.5. The van der Waals surface area contributed by atoms with Crippen LogP contribution in [0.5, 0.6) is 0 Å². The fraction of sp³-hybridized carbons (Fsp3) is 0.412. The summed E-state index contributed by atoms with van der Waals surface area (Å²) in [4.78, 5) is 45.9. The van der Waals surface area contributed by atoms with Crippen LogP contribution >= 0.6 is 22.7 Å². The predicted molar refractivity (Wildman–Crippen MR) is 176 cm³/mol. The average Bonchev–Trinajstić information content (AvgIpc) is 3.80. The van der Waals surface area contributed by atoms with E-state index >= 15 is 0 Å². The number of carbonyl (C=O) groups is 2. The Morgan fingerprint density at radius 2 is 1.20 bits per heavy atom. The second-order valence-electron chi connectivity index (χ2n) is 12.5. The fourth-order valence-corrected chi connectivity index (χ4v) is 8.92. The first-order chi connectivity index (χ1) is 21.2. The Bertz CT molecular complexity index is 1710. The molecule has 44 heavy (non-hydrogen) atoms. The van der Waals surface area contributed by atoms with Crippen LogP contribution in [0.15, 0.2) is 36.4 Å². The van der Waals surface area contributed by atoms with E-state index in [4.69, 9.17) is 9.97 Å². The first kappa shape index (κ1) is 29.3. The zero-order chi connectivity index (χ0) is 30.5. The standard InChI is InChI=1S/C34H38N6O2S2/c1-21-23(9-7-11-25(21)33-35-27-15-39(17-29(27)43-33)31(41)19-37(3)4)24-10-8-12-26(22(24)2)34-36-28-16-40(18-30(28)44-34)32(42)20-38-13-5-6-14-38/h7-12H,5-6,13-20H2,1-4H3. The zero-order valence-electron chi connectivity index (χ0n) is 25.9. The number of likely N-dealkylation sites (N-methyl/N-ethyl adjacent to an activating group) is 1. The summed E-state index contributed by atoms with van der Waals surface area (Å²) >= 11 is 3.43. The van der Waals surface area contributed by atoms with Crippen LogP contribution in [-0.2, 0) is 35.8 Å². The summed E-state index contributed by atoms with van der Waals surface area (Å²) in [5.74, 6) is 0.358. The lowest BCUT2D eigenvalue weighted by atomic mass is 9.91. The van der Waals surface area contributed by atoms with Gasteiger partial charge < -0.3 is 14.7 Å². The van der Waals surface area contributed by atoms with Gasteiger partial charge in [-0.05, 0) is 76.1 Å². The quantitative estimate of drug-likeness (QED) is 0.268. The Labute approximate surface area is 267 Å². The van der Waals surface area contributed by atoms with Crippen LogP contribution in [-0.4, -0.2) is 81.7 Å². The number of amides is 2. The number of hydrogen-bond acceptors (Lipinski definition) is 8.